The summed E-state index contributed by atoms with van der Waals surface area (Å²) >= 11 is 1.49. The molecule has 1 heterocycles. The average molecular weight is 290 g/mol. The van der Waals surface area contributed by atoms with Crippen LogP contribution in [-0.4, -0.2) is 28.2 Å². The van der Waals surface area contributed by atoms with Crippen LogP contribution in [0.1, 0.15) is 10.4 Å². The van der Waals surface area contributed by atoms with Crippen molar-refractivity contribution in [1.82, 2.24) is 15.4 Å². The fourth-order valence-corrected chi connectivity index (χ4v) is 2.12. The standard InChI is InChI=1S/C13H14N4O2S/c14-17-12(18)10-4-1-2-5-11(10)19-8-9-20-13-15-6-3-7-16-13/h1-7H,8-9,14H2,(H,17,18). The lowest BCUT2D eigenvalue weighted by atomic mass is 10.2. The number of amides is 1. The predicted molar refractivity (Wildman–Crippen MR) is 76.3 cm³/mol. The number of nitrogens with two attached hydrogens (primary N) is 1. The first-order valence-corrected chi connectivity index (χ1v) is 6.92. The van der Waals surface area contributed by atoms with Crippen LogP contribution in [-0.2, 0) is 0 Å². The molecule has 0 bridgehead atoms. The van der Waals surface area contributed by atoms with Crippen LogP contribution in [0.3, 0.4) is 0 Å². The molecule has 0 unspecified atom stereocenters. The van der Waals surface area contributed by atoms with Crippen molar-refractivity contribution >= 4 is 17.7 Å². The zero-order chi connectivity index (χ0) is 14.2. The van der Waals surface area contributed by atoms with Gasteiger partial charge in [-0.25, -0.2) is 15.8 Å². The second-order valence-corrected chi connectivity index (χ2v) is 4.76. The van der Waals surface area contributed by atoms with E-state index in [2.05, 4.69) is 15.4 Å². The minimum Gasteiger partial charge on any atom is -0.492 e. The van der Waals surface area contributed by atoms with Crippen LogP contribution in [0.5, 0.6) is 5.75 Å². The quantitative estimate of drug-likeness (QED) is 0.208. The van der Waals surface area contributed by atoms with Crippen LogP contribution < -0.4 is 16.0 Å². The van der Waals surface area contributed by atoms with Gasteiger partial charge in [0.2, 0.25) is 0 Å². The van der Waals surface area contributed by atoms with Gasteiger partial charge in [0.1, 0.15) is 5.75 Å². The van der Waals surface area contributed by atoms with Gasteiger partial charge in [-0.05, 0) is 18.2 Å². The molecule has 3 N–H and O–H groups in total. The fourth-order valence-electron chi connectivity index (χ4n) is 1.50. The van der Waals surface area contributed by atoms with E-state index in [-0.39, 0.29) is 5.91 Å². The van der Waals surface area contributed by atoms with Gasteiger partial charge in [-0.3, -0.25) is 10.2 Å². The maximum absolute atomic E-state index is 11.5. The first-order valence-electron chi connectivity index (χ1n) is 5.94. The molecule has 2 aromatic rings. The SMILES string of the molecule is NNC(=O)c1ccccc1OCCSc1ncccn1. The number of hydrogen-bond donors (Lipinski definition) is 2. The van der Waals surface area contributed by atoms with Gasteiger partial charge in [0, 0.05) is 18.1 Å². The fraction of sp³-hybridized carbons (Fsp3) is 0.154. The number of hydrogen-bond acceptors (Lipinski definition) is 6. The molecule has 0 fully saturated rings. The van der Waals surface area contributed by atoms with E-state index in [1.54, 1.807) is 42.7 Å². The van der Waals surface area contributed by atoms with Crippen LogP contribution in [0.4, 0.5) is 0 Å². The lowest BCUT2D eigenvalue weighted by Gasteiger charge is -2.09. The summed E-state index contributed by atoms with van der Waals surface area (Å²) in [6, 6.07) is 8.71. The van der Waals surface area contributed by atoms with Crippen molar-refractivity contribution in [3.63, 3.8) is 0 Å². The molecule has 20 heavy (non-hydrogen) atoms. The molecule has 0 atom stereocenters. The lowest BCUT2D eigenvalue weighted by Crippen LogP contribution is -2.30. The van der Waals surface area contributed by atoms with E-state index in [0.29, 0.717) is 28.8 Å². The molecule has 0 radical (unpaired) electrons. The number of rotatable bonds is 6. The van der Waals surface area contributed by atoms with Gasteiger partial charge < -0.3 is 4.74 Å². The minimum atomic E-state index is -0.375. The monoisotopic (exact) mass is 290 g/mol. The zero-order valence-electron chi connectivity index (χ0n) is 10.7. The van der Waals surface area contributed by atoms with Crippen LogP contribution in [0.15, 0.2) is 47.9 Å². The maximum atomic E-state index is 11.5. The Kier molecular flexibility index (Phi) is 5.33. The number of para-hydroxylation sites is 1. The first-order chi connectivity index (χ1) is 9.81. The van der Waals surface area contributed by atoms with Gasteiger partial charge in [-0.2, -0.15) is 0 Å². The smallest absolute Gasteiger partial charge is 0.268 e. The molecule has 1 aromatic carbocycles. The number of hydrazine groups is 1. The van der Waals surface area contributed by atoms with Crippen LogP contribution in [0.25, 0.3) is 0 Å². The Morgan fingerprint density at radius 2 is 2.00 bits per heavy atom. The van der Waals surface area contributed by atoms with E-state index in [1.165, 1.54) is 11.8 Å². The summed E-state index contributed by atoms with van der Waals surface area (Å²) in [6.07, 6.45) is 3.38. The van der Waals surface area contributed by atoms with Crippen molar-refractivity contribution in [1.29, 1.82) is 0 Å². The number of nitrogen functional groups attached to an aromatic ring is 1. The van der Waals surface area contributed by atoms with Crippen molar-refractivity contribution in [2.24, 2.45) is 5.84 Å². The highest BCUT2D eigenvalue weighted by Crippen LogP contribution is 2.18. The Morgan fingerprint density at radius 1 is 1.25 bits per heavy atom. The molecule has 0 aliphatic heterocycles. The molecule has 1 amide bonds. The topological polar surface area (TPSA) is 90.1 Å². The number of aromatic nitrogens is 2. The van der Waals surface area contributed by atoms with Crippen molar-refractivity contribution in [2.75, 3.05) is 12.4 Å². The summed E-state index contributed by atoms with van der Waals surface area (Å²) in [6.45, 7) is 0.442. The van der Waals surface area contributed by atoms with Crippen molar-refractivity contribution < 1.29 is 9.53 Å². The van der Waals surface area contributed by atoms with E-state index in [9.17, 15) is 4.79 Å². The Hall–Kier alpha value is -2.12. The largest absolute Gasteiger partial charge is 0.492 e. The summed E-state index contributed by atoms with van der Waals surface area (Å²) in [5, 5.41) is 0.698. The third-order valence-corrected chi connectivity index (χ3v) is 3.22. The zero-order valence-corrected chi connectivity index (χ0v) is 11.5. The number of benzene rings is 1. The van der Waals surface area contributed by atoms with E-state index in [4.69, 9.17) is 10.6 Å². The second kappa shape index (κ2) is 7.46. The predicted octanol–water partition coefficient (Wildman–Crippen LogP) is 1.25. The highest BCUT2D eigenvalue weighted by Gasteiger charge is 2.10. The van der Waals surface area contributed by atoms with Gasteiger partial charge in [0.05, 0.1) is 12.2 Å². The Bertz CT molecular complexity index is 565. The summed E-state index contributed by atoms with van der Waals surface area (Å²) < 4.78 is 5.59. The first kappa shape index (κ1) is 14.3. The number of carbonyl (C=O) groups is 1. The summed E-state index contributed by atoms with van der Waals surface area (Å²) in [5.41, 5.74) is 2.51. The Labute approximate surface area is 120 Å². The molecule has 0 saturated carbocycles. The summed E-state index contributed by atoms with van der Waals surface area (Å²) in [4.78, 5) is 19.7. The summed E-state index contributed by atoms with van der Waals surface area (Å²) in [5.74, 6) is 5.94. The number of thioether (sulfide) groups is 1. The molecule has 1 aromatic heterocycles. The molecule has 2 rings (SSSR count). The van der Waals surface area contributed by atoms with E-state index in [1.807, 2.05) is 0 Å². The molecule has 0 spiro atoms. The molecular formula is C13H14N4O2S. The summed E-state index contributed by atoms with van der Waals surface area (Å²) in [7, 11) is 0. The number of carbonyl (C=O) groups excluding carboxylic acids is 1. The van der Waals surface area contributed by atoms with Crippen molar-refractivity contribution in [3.8, 4) is 5.75 Å². The molecule has 6 nitrogen and oxygen atoms in total. The van der Waals surface area contributed by atoms with Crippen LogP contribution in [0.2, 0.25) is 0 Å². The molecule has 7 heteroatoms. The molecule has 0 aliphatic rings. The minimum absolute atomic E-state index is 0.375. The average Bonchev–Trinajstić information content (AvgIpc) is 2.52. The third-order valence-electron chi connectivity index (χ3n) is 2.38. The normalized spacial score (nSPS) is 10.1. The maximum Gasteiger partial charge on any atom is 0.268 e. The Morgan fingerprint density at radius 3 is 2.75 bits per heavy atom. The number of nitrogens with zero attached hydrogens (tertiary/aromatic N) is 2. The van der Waals surface area contributed by atoms with E-state index >= 15 is 0 Å². The van der Waals surface area contributed by atoms with Gasteiger partial charge in [-0.15, -0.1) is 0 Å². The second-order valence-electron chi connectivity index (χ2n) is 3.70. The molecule has 0 saturated heterocycles. The van der Waals surface area contributed by atoms with Crippen molar-refractivity contribution in [2.45, 2.75) is 5.16 Å². The molecule has 104 valence electrons. The number of ether oxygens (including phenoxy) is 1. The highest BCUT2D eigenvalue weighted by atomic mass is 32.2. The van der Waals surface area contributed by atoms with Gasteiger partial charge >= 0.3 is 0 Å². The van der Waals surface area contributed by atoms with Gasteiger partial charge in [0.25, 0.3) is 5.91 Å². The van der Waals surface area contributed by atoms with E-state index < -0.39 is 0 Å². The van der Waals surface area contributed by atoms with Gasteiger partial charge in [-0.1, -0.05) is 23.9 Å². The lowest BCUT2D eigenvalue weighted by molar-refractivity contribution is 0.0950. The molecular weight excluding hydrogens is 276 g/mol. The molecule has 0 aliphatic carbocycles. The van der Waals surface area contributed by atoms with Crippen molar-refractivity contribution in [3.05, 3.63) is 48.3 Å². The van der Waals surface area contributed by atoms with E-state index in [0.717, 1.165) is 0 Å². The Balaban J connectivity index is 1.87. The number of nitrogens with one attached hydrogen (secondary N) is 1. The highest BCUT2D eigenvalue weighted by molar-refractivity contribution is 7.99. The van der Waals surface area contributed by atoms with Crippen LogP contribution in [0, 0.1) is 0 Å². The van der Waals surface area contributed by atoms with Crippen LogP contribution >= 0.6 is 11.8 Å². The third kappa shape index (κ3) is 3.94. The van der Waals surface area contributed by atoms with Gasteiger partial charge in [0.15, 0.2) is 5.16 Å².